The zero-order valence-electron chi connectivity index (χ0n) is 31.3. The van der Waals surface area contributed by atoms with Crippen LogP contribution in [0.3, 0.4) is 0 Å². The van der Waals surface area contributed by atoms with Crippen LogP contribution in [0.5, 0.6) is 0 Å². The Morgan fingerprint density at radius 1 is 0.276 bits per heavy atom. The van der Waals surface area contributed by atoms with Crippen molar-refractivity contribution in [2.75, 3.05) is 0 Å². The molecule has 4 aromatic heterocycles. The smallest absolute Gasteiger partial charge is 0.135 e. The van der Waals surface area contributed by atoms with Crippen LogP contribution in [0.2, 0.25) is 0 Å². The Hall–Kier alpha value is -7.82. The van der Waals surface area contributed by atoms with Gasteiger partial charge in [-0.05, 0) is 90.5 Å². The predicted molar refractivity (Wildman–Crippen MR) is 242 cm³/mol. The molecule has 4 heteroatoms. The van der Waals surface area contributed by atoms with E-state index in [0.717, 1.165) is 44.6 Å². The van der Waals surface area contributed by atoms with Crippen molar-refractivity contribution in [1.29, 1.82) is 0 Å². The van der Waals surface area contributed by atoms with E-state index in [4.69, 9.17) is 4.42 Å². The van der Waals surface area contributed by atoms with Crippen LogP contribution in [0, 0.1) is 0 Å². The quantitative estimate of drug-likeness (QED) is 0.177. The van der Waals surface area contributed by atoms with Crippen LogP contribution < -0.4 is 0 Å². The number of aromatic nitrogens is 3. The van der Waals surface area contributed by atoms with E-state index in [-0.39, 0.29) is 0 Å². The van der Waals surface area contributed by atoms with Crippen LogP contribution in [0.4, 0.5) is 0 Å². The van der Waals surface area contributed by atoms with Crippen molar-refractivity contribution in [2.45, 2.75) is 0 Å². The van der Waals surface area contributed by atoms with Crippen LogP contribution in [0.15, 0.2) is 205 Å². The summed E-state index contributed by atoms with van der Waals surface area (Å²) in [5, 5.41) is 9.64. The molecule has 13 aromatic rings. The Bertz CT molecular complexity index is 3750. The summed E-state index contributed by atoms with van der Waals surface area (Å²) in [4.78, 5) is 0. The zero-order valence-corrected chi connectivity index (χ0v) is 31.3. The number of hydrogen-bond acceptors (Lipinski definition) is 1. The zero-order chi connectivity index (χ0) is 37.9. The van der Waals surface area contributed by atoms with Gasteiger partial charge in [-0.15, -0.1) is 0 Å². The highest BCUT2D eigenvalue weighted by molar-refractivity contribution is 6.16. The third-order valence-electron chi connectivity index (χ3n) is 12.2. The number of rotatable bonds is 4. The van der Waals surface area contributed by atoms with Crippen LogP contribution >= 0.6 is 0 Å². The van der Waals surface area contributed by atoms with E-state index in [1.165, 1.54) is 71.0 Å². The maximum atomic E-state index is 6.25. The molecule has 0 unspecified atom stereocenters. The van der Waals surface area contributed by atoms with Crippen LogP contribution in [-0.2, 0) is 0 Å². The van der Waals surface area contributed by atoms with E-state index in [1.54, 1.807) is 0 Å². The lowest BCUT2D eigenvalue weighted by atomic mass is 10.00. The summed E-state index contributed by atoms with van der Waals surface area (Å²) in [7, 11) is 0. The molecule has 0 bridgehead atoms. The molecule has 0 N–H and O–H groups in total. The number of hydrogen-bond donors (Lipinski definition) is 0. The molecule has 0 saturated carbocycles. The average molecular weight is 740 g/mol. The molecule has 0 atom stereocenters. The lowest BCUT2D eigenvalue weighted by Crippen LogP contribution is -1.97. The van der Waals surface area contributed by atoms with Gasteiger partial charge in [-0.3, -0.25) is 0 Å². The second-order valence-corrected chi connectivity index (χ2v) is 15.3. The molecule has 0 aliphatic heterocycles. The summed E-state index contributed by atoms with van der Waals surface area (Å²) >= 11 is 0. The molecule has 0 radical (unpaired) electrons. The van der Waals surface area contributed by atoms with E-state index < -0.39 is 0 Å². The van der Waals surface area contributed by atoms with Gasteiger partial charge in [0.1, 0.15) is 11.2 Å². The summed E-state index contributed by atoms with van der Waals surface area (Å²) in [5.41, 5.74) is 14.7. The number of benzene rings is 9. The molecule has 270 valence electrons. The minimum absolute atomic E-state index is 0.901. The normalized spacial score (nSPS) is 12.1. The highest BCUT2D eigenvalue weighted by atomic mass is 16.3. The van der Waals surface area contributed by atoms with Crippen molar-refractivity contribution in [3.8, 4) is 28.2 Å². The van der Waals surface area contributed by atoms with Crippen LogP contribution in [0.1, 0.15) is 0 Å². The molecular formula is C54H33N3O. The van der Waals surface area contributed by atoms with E-state index in [2.05, 4.69) is 202 Å². The summed E-state index contributed by atoms with van der Waals surface area (Å²) < 4.78 is 13.5. The van der Waals surface area contributed by atoms with Gasteiger partial charge in [0.25, 0.3) is 0 Å². The monoisotopic (exact) mass is 739 g/mol. The van der Waals surface area contributed by atoms with E-state index in [9.17, 15) is 0 Å². The Balaban J connectivity index is 1.10. The molecule has 13 rings (SSSR count). The highest BCUT2D eigenvalue weighted by Crippen LogP contribution is 2.42. The van der Waals surface area contributed by atoms with Gasteiger partial charge in [-0.25, -0.2) is 0 Å². The van der Waals surface area contributed by atoms with Crippen molar-refractivity contribution in [3.05, 3.63) is 200 Å². The van der Waals surface area contributed by atoms with Crippen molar-refractivity contribution in [3.63, 3.8) is 0 Å². The topological polar surface area (TPSA) is 27.9 Å². The summed E-state index contributed by atoms with van der Waals surface area (Å²) in [6.45, 7) is 0. The molecule has 4 heterocycles. The summed E-state index contributed by atoms with van der Waals surface area (Å²) in [6, 6.07) is 72.6. The fraction of sp³-hybridized carbons (Fsp3) is 0. The maximum absolute atomic E-state index is 6.25. The maximum Gasteiger partial charge on any atom is 0.135 e. The largest absolute Gasteiger partial charge is 0.456 e. The Kier molecular flexibility index (Phi) is 6.41. The van der Waals surface area contributed by atoms with Gasteiger partial charge in [0, 0.05) is 65.7 Å². The Labute approximate surface area is 332 Å². The standard InChI is InChI=1S/C54H33N3O/c1-2-13-35(14-3-1)55-50-28-26-36(56-47-21-8-4-15-39(47)40-16-5-9-22-48(40)56)32-44(50)45-33-37(27-29-51(45)55)57-49-23-10-6-17-41(49)43-20-12-19-38(54(43)57)34-25-30-53-46(31-34)42-18-7-11-24-52(42)58-53/h1-33H. The predicted octanol–water partition coefficient (Wildman–Crippen LogP) is 14.5. The van der Waals surface area contributed by atoms with Gasteiger partial charge >= 0.3 is 0 Å². The fourth-order valence-electron chi connectivity index (χ4n) is 9.75. The molecule has 0 fully saturated rings. The summed E-state index contributed by atoms with van der Waals surface area (Å²) in [5.74, 6) is 0. The van der Waals surface area contributed by atoms with E-state index in [1.807, 2.05) is 12.1 Å². The number of nitrogens with zero attached hydrogens (tertiary/aromatic N) is 3. The van der Waals surface area contributed by atoms with Gasteiger partial charge in [-0.1, -0.05) is 115 Å². The van der Waals surface area contributed by atoms with Crippen molar-refractivity contribution in [2.24, 2.45) is 0 Å². The Morgan fingerprint density at radius 2 is 0.776 bits per heavy atom. The van der Waals surface area contributed by atoms with Crippen molar-refractivity contribution < 1.29 is 4.42 Å². The molecule has 9 aromatic carbocycles. The second-order valence-electron chi connectivity index (χ2n) is 15.3. The number of fused-ring (bicyclic) bond motifs is 12. The fourth-order valence-corrected chi connectivity index (χ4v) is 9.75. The lowest BCUT2D eigenvalue weighted by molar-refractivity contribution is 0.669. The minimum atomic E-state index is 0.901. The molecule has 4 nitrogen and oxygen atoms in total. The molecule has 0 saturated heterocycles. The first kappa shape index (κ1) is 31.4. The molecular weight excluding hydrogens is 707 g/mol. The number of furan rings is 1. The van der Waals surface area contributed by atoms with E-state index >= 15 is 0 Å². The van der Waals surface area contributed by atoms with Gasteiger partial charge in [0.2, 0.25) is 0 Å². The van der Waals surface area contributed by atoms with E-state index in [0.29, 0.717) is 0 Å². The molecule has 0 amide bonds. The van der Waals surface area contributed by atoms with Crippen LogP contribution in [0.25, 0.3) is 116 Å². The van der Waals surface area contributed by atoms with Crippen molar-refractivity contribution >= 4 is 87.4 Å². The first-order chi connectivity index (χ1) is 28.8. The first-order valence-electron chi connectivity index (χ1n) is 19.8. The minimum Gasteiger partial charge on any atom is -0.456 e. The molecule has 58 heavy (non-hydrogen) atoms. The summed E-state index contributed by atoms with van der Waals surface area (Å²) in [6.07, 6.45) is 0. The molecule has 0 spiro atoms. The van der Waals surface area contributed by atoms with Crippen molar-refractivity contribution in [1.82, 2.24) is 13.7 Å². The van der Waals surface area contributed by atoms with Gasteiger partial charge in [0.05, 0.1) is 33.1 Å². The first-order valence-corrected chi connectivity index (χ1v) is 19.8. The molecule has 0 aliphatic carbocycles. The Morgan fingerprint density at radius 3 is 1.47 bits per heavy atom. The third-order valence-corrected chi connectivity index (χ3v) is 12.2. The third kappa shape index (κ3) is 4.34. The average Bonchev–Trinajstić information content (AvgIpc) is 4.02. The van der Waals surface area contributed by atoms with Gasteiger partial charge in [0.15, 0.2) is 0 Å². The second kappa shape index (κ2) is 11.8. The van der Waals surface area contributed by atoms with Gasteiger partial charge < -0.3 is 18.1 Å². The van der Waals surface area contributed by atoms with Crippen LogP contribution in [-0.4, -0.2) is 13.7 Å². The lowest BCUT2D eigenvalue weighted by Gasteiger charge is -2.13. The number of para-hydroxylation sites is 6. The van der Waals surface area contributed by atoms with Gasteiger partial charge in [-0.2, -0.15) is 0 Å². The highest BCUT2D eigenvalue weighted by Gasteiger charge is 2.21. The SMILES string of the molecule is c1ccc(-n2c3ccc(-n4c5ccccc5c5ccccc54)cc3c3cc(-n4c5ccccc5c5cccc(-c6ccc7oc8ccccc8c7c6)c54)ccc32)cc1. The molecule has 0 aliphatic rings.